The maximum Gasteiger partial charge on any atom is 0.338 e. The number of nitrogens with one attached hydrogen (secondary N) is 2. The summed E-state index contributed by atoms with van der Waals surface area (Å²) in [5.41, 5.74) is 1.69. The van der Waals surface area contributed by atoms with E-state index in [4.69, 9.17) is 14.2 Å². The van der Waals surface area contributed by atoms with Gasteiger partial charge in [-0.2, -0.15) is 0 Å². The molecule has 3 aliphatic rings. The van der Waals surface area contributed by atoms with E-state index < -0.39 is 6.04 Å². The number of ether oxygens (including phenoxy) is 3. The normalized spacial score (nSPS) is 22.7. The van der Waals surface area contributed by atoms with Crippen molar-refractivity contribution in [3.8, 4) is 11.5 Å². The molecule has 4 rings (SSSR count). The fourth-order valence-electron chi connectivity index (χ4n) is 3.70. The largest absolute Gasteiger partial charge is 0.459 e. The lowest BCUT2D eigenvalue weighted by atomic mass is 9.94. The summed E-state index contributed by atoms with van der Waals surface area (Å²) in [5, 5.41) is 5.49. The molecule has 0 spiro atoms. The molecule has 0 saturated heterocycles. The van der Waals surface area contributed by atoms with Gasteiger partial charge in [-0.15, -0.1) is 0 Å². The number of esters is 1. The van der Waals surface area contributed by atoms with E-state index in [0.29, 0.717) is 22.8 Å². The molecule has 2 N–H and O–H groups in total. The Morgan fingerprint density at radius 1 is 1.15 bits per heavy atom. The molecule has 1 atom stereocenters. The summed E-state index contributed by atoms with van der Waals surface area (Å²) >= 11 is 0. The van der Waals surface area contributed by atoms with E-state index in [1.807, 2.05) is 6.07 Å². The van der Waals surface area contributed by atoms with Crippen molar-refractivity contribution in [1.82, 2.24) is 10.6 Å². The summed E-state index contributed by atoms with van der Waals surface area (Å²) < 4.78 is 16.5. The monoisotopic (exact) mass is 358 g/mol. The first kappa shape index (κ1) is 16.8. The van der Waals surface area contributed by atoms with Gasteiger partial charge in [0.1, 0.15) is 6.10 Å². The number of carbonyl (C=O) groups is 2. The summed E-state index contributed by atoms with van der Waals surface area (Å²) in [6.45, 7) is 1.89. The number of amides is 2. The van der Waals surface area contributed by atoms with Crippen molar-refractivity contribution in [3.63, 3.8) is 0 Å². The molecule has 1 fully saturated rings. The third-order valence-electron chi connectivity index (χ3n) is 5.04. The van der Waals surface area contributed by atoms with Crippen LogP contribution in [0.2, 0.25) is 0 Å². The van der Waals surface area contributed by atoms with Gasteiger partial charge in [0.15, 0.2) is 11.5 Å². The first-order chi connectivity index (χ1) is 12.6. The molecular formula is C19H22N2O5. The van der Waals surface area contributed by atoms with Gasteiger partial charge in [0.25, 0.3) is 0 Å². The molecule has 138 valence electrons. The molecule has 1 aromatic rings. The Balaban J connectivity index is 1.62. The minimum Gasteiger partial charge on any atom is -0.459 e. The zero-order valence-corrected chi connectivity index (χ0v) is 14.7. The van der Waals surface area contributed by atoms with Gasteiger partial charge >= 0.3 is 12.0 Å². The molecule has 0 aromatic heterocycles. The van der Waals surface area contributed by atoms with Gasteiger partial charge in [-0.05, 0) is 50.3 Å². The van der Waals surface area contributed by atoms with Gasteiger partial charge in [-0.25, -0.2) is 9.59 Å². The van der Waals surface area contributed by atoms with Crippen molar-refractivity contribution >= 4 is 12.0 Å². The molecule has 7 nitrogen and oxygen atoms in total. The molecule has 0 unspecified atom stereocenters. The number of carbonyl (C=O) groups excluding carboxylic acids is 2. The number of rotatable bonds is 3. The Labute approximate surface area is 151 Å². The van der Waals surface area contributed by atoms with Crippen molar-refractivity contribution in [2.75, 3.05) is 6.79 Å². The van der Waals surface area contributed by atoms with Crippen LogP contribution in [0.3, 0.4) is 0 Å². The molecule has 2 amide bonds. The Kier molecular flexibility index (Phi) is 4.44. The van der Waals surface area contributed by atoms with E-state index in [2.05, 4.69) is 10.6 Å². The Morgan fingerprint density at radius 3 is 2.73 bits per heavy atom. The molecule has 26 heavy (non-hydrogen) atoms. The SMILES string of the molecule is CC1=C(C(=O)OC2CCCCC2)[C@H](c2ccc3c(c2)OCO3)NC(=O)N1. The van der Waals surface area contributed by atoms with Crippen LogP contribution in [0.15, 0.2) is 29.5 Å². The van der Waals surface area contributed by atoms with Gasteiger partial charge in [-0.3, -0.25) is 0 Å². The number of hydrogen-bond acceptors (Lipinski definition) is 5. The molecule has 1 aliphatic carbocycles. The minimum absolute atomic E-state index is 0.0495. The summed E-state index contributed by atoms with van der Waals surface area (Å²) in [6.07, 6.45) is 5.09. The summed E-state index contributed by atoms with van der Waals surface area (Å²) in [4.78, 5) is 24.9. The van der Waals surface area contributed by atoms with Crippen molar-refractivity contribution < 1.29 is 23.8 Å². The van der Waals surface area contributed by atoms with Crippen LogP contribution in [0.4, 0.5) is 4.79 Å². The van der Waals surface area contributed by atoms with Crippen molar-refractivity contribution in [2.24, 2.45) is 0 Å². The maximum atomic E-state index is 12.9. The molecule has 0 radical (unpaired) electrons. The van der Waals surface area contributed by atoms with Crippen LogP contribution in [0, 0.1) is 0 Å². The van der Waals surface area contributed by atoms with Crippen LogP contribution >= 0.6 is 0 Å². The zero-order chi connectivity index (χ0) is 18.1. The van der Waals surface area contributed by atoms with Crippen LogP contribution in [0.5, 0.6) is 11.5 Å². The zero-order valence-electron chi connectivity index (χ0n) is 14.7. The van der Waals surface area contributed by atoms with E-state index in [0.717, 1.165) is 31.2 Å². The number of fused-ring (bicyclic) bond motifs is 1. The Hall–Kier alpha value is -2.70. The van der Waals surface area contributed by atoms with Gasteiger partial charge in [0.05, 0.1) is 11.6 Å². The first-order valence-corrected chi connectivity index (χ1v) is 9.00. The highest BCUT2D eigenvalue weighted by Crippen LogP contribution is 2.37. The lowest BCUT2D eigenvalue weighted by Crippen LogP contribution is -2.45. The lowest BCUT2D eigenvalue weighted by Gasteiger charge is -2.30. The van der Waals surface area contributed by atoms with E-state index in [9.17, 15) is 9.59 Å². The minimum atomic E-state index is -0.589. The predicted octanol–water partition coefficient (Wildman–Crippen LogP) is 2.92. The second-order valence-electron chi connectivity index (χ2n) is 6.85. The highest BCUT2D eigenvalue weighted by atomic mass is 16.7. The van der Waals surface area contributed by atoms with Gasteiger partial charge < -0.3 is 24.8 Å². The lowest BCUT2D eigenvalue weighted by molar-refractivity contribution is -0.146. The standard InChI is InChI=1S/C19H22N2O5/c1-11-16(18(22)26-13-5-3-2-4-6-13)17(21-19(23)20-11)12-7-8-14-15(9-12)25-10-24-14/h7-9,13,17H,2-6,10H2,1H3,(H2,20,21,23)/t17-/m0/s1. The fourth-order valence-corrected chi connectivity index (χ4v) is 3.70. The van der Waals surface area contributed by atoms with Crippen LogP contribution in [-0.2, 0) is 9.53 Å². The second-order valence-corrected chi connectivity index (χ2v) is 6.85. The molecule has 0 bridgehead atoms. The smallest absolute Gasteiger partial charge is 0.338 e. The highest BCUT2D eigenvalue weighted by Gasteiger charge is 2.34. The molecule has 1 saturated carbocycles. The second kappa shape index (κ2) is 6.90. The average molecular weight is 358 g/mol. The number of urea groups is 1. The molecule has 2 heterocycles. The molecule has 2 aliphatic heterocycles. The molecule has 1 aromatic carbocycles. The highest BCUT2D eigenvalue weighted by molar-refractivity contribution is 5.95. The van der Waals surface area contributed by atoms with Gasteiger partial charge in [0, 0.05) is 5.70 Å². The average Bonchev–Trinajstić information content (AvgIpc) is 3.09. The first-order valence-electron chi connectivity index (χ1n) is 9.00. The van der Waals surface area contributed by atoms with Crippen LogP contribution < -0.4 is 20.1 Å². The topological polar surface area (TPSA) is 85.9 Å². The van der Waals surface area contributed by atoms with E-state index in [1.165, 1.54) is 6.42 Å². The van der Waals surface area contributed by atoms with Crippen LogP contribution in [0.25, 0.3) is 0 Å². The van der Waals surface area contributed by atoms with E-state index >= 15 is 0 Å². The Bertz CT molecular complexity index is 767. The van der Waals surface area contributed by atoms with E-state index in [-0.39, 0.29) is 24.9 Å². The third-order valence-corrected chi connectivity index (χ3v) is 5.04. The van der Waals surface area contributed by atoms with Crippen molar-refractivity contribution in [1.29, 1.82) is 0 Å². The summed E-state index contributed by atoms with van der Waals surface area (Å²) in [5.74, 6) is 0.874. The van der Waals surface area contributed by atoms with Crippen LogP contribution in [-0.4, -0.2) is 24.9 Å². The van der Waals surface area contributed by atoms with Gasteiger partial charge in [0.2, 0.25) is 6.79 Å². The van der Waals surface area contributed by atoms with Crippen molar-refractivity contribution in [3.05, 3.63) is 35.0 Å². The van der Waals surface area contributed by atoms with Crippen LogP contribution in [0.1, 0.15) is 50.6 Å². The Morgan fingerprint density at radius 2 is 1.92 bits per heavy atom. The number of allylic oxidation sites excluding steroid dienone is 1. The van der Waals surface area contributed by atoms with E-state index in [1.54, 1.807) is 19.1 Å². The summed E-state index contributed by atoms with van der Waals surface area (Å²) in [6, 6.07) is 4.46. The van der Waals surface area contributed by atoms with Crippen molar-refractivity contribution in [2.45, 2.75) is 51.2 Å². The third kappa shape index (κ3) is 3.21. The molecular weight excluding hydrogens is 336 g/mol. The quantitative estimate of drug-likeness (QED) is 0.812. The predicted molar refractivity (Wildman–Crippen MR) is 92.6 cm³/mol. The maximum absolute atomic E-state index is 12.9. The van der Waals surface area contributed by atoms with Gasteiger partial charge in [-0.1, -0.05) is 12.5 Å². The summed E-state index contributed by atoms with van der Waals surface area (Å²) in [7, 11) is 0. The molecule has 7 heteroatoms. The fraction of sp³-hybridized carbons (Fsp3) is 0.474. The number of benzene rings is 1. The number of hydrogen-bond donors (Lipinski definition) is 2.